The van der Waals surface area contributed by atoms with Crippen LogP contribution in [0.3, 0.4) is 0 Å². The van der Waals surface area contributed by atoms with Crippen LogP contribution in [0.4, 0.5) is 0 Å². The topological polar surface area (TPSA) is 66.0 Å². The normalized spacial score (nSPS) is 15.4. The molecule has 0 atom stereocenters. The van der Waals surface area contributed by atoms with Crippen LogP contribution in [0.15, 0.2) is 35.3 Å². The first-order valence-corrected chi connectivity index (χ1v) is 8.60. The summed E-state index contributed by atoms with van der Waals surface area (Å²) in [6, 6.07) is 9.89. The van der Waals surface area contributed by atoms with Gasteiger partial charge in [-0.05, 0) is 25.3 Å². The second-order valence-electron chi connectivity index (χ2n) is 5.80. The Kier molecular flexibility index (Phi) is 10.5. The summed E-state index contributed by atoms with van der Waals surface area (Å²) in [6.45, 7) is 5.36. The van der Waals surface area contributed by atoms with E-state index in [4.69, 9.17) is 4.74 Å². The zero-order valence-corrected chi connectivity index (χ0v) is 17.4. The van der Waals surface area contributed by atoms with Gasteiger partial charge in [0.25, 0.3) is 0 Å². The fraction of sp³-hybridized carbons (Fsp3) is 0.556. The molecule has 25 heavy (non-hydrogen) atoms. The number of hydrogen-bond donors (Lipinski definition) is 2. The summed E-state index contributed by atoms with van der Waals surface area (Å²) in [5.41, 5.74) is 1.09. The molecule has 140 valence electrons. The second kappa shape index (κ2) is 12.1. The number of nitrogens with zero attached hydrogens (tertiary/aromatic N) is 2. The summed E-state index contributed by atoms with van der Waals surface area (Å²) < 4.78 is 5.67. The molecule has 1 aliphatic rings. The molecule has 0 bridgehead atoms. The molecular weight excluding hydrogens is 431 g/mol. The molecule has 0 unspecified atom stereocenters. The van der Waals surface area contributed by atoms with Crippen LogP contribution < -0.4 is 10.6 Å². The quantitative estimate of drug-likeness (QED) is 0.387. The monoisotopic (exact) mass is 460 g/mol. The summed E-state index contributed by atoms with van der Waals surface area (Å²) in [5.74, 6) is 0.740. The number of nitrogens with one attached hydrogen (secondary N) is 2. The van der Waals surface area contributed by atoms with Crippen molar-refractivity contribution in [1.29, 1.82) is 0 Å². The molecule has 6 nitrogen and oxygen atoms in total. The highest BCUT2D eigenvalue weighted by atomic mass is 127. The molecule has 1 aromatic rings. The van der Waals surface area contributed by atoms with Gasteiger partial charge in [-0.2, -0.15) is 0 Å². The number of ether oxygens (including phenoxy) is 1. The van der Waals surface area contributed by atoms with Crippen molar-refractivity contribution in [3.8, 4) is 0 Å². The Bertz CT molecular complexity index is 531. The number of guanidine groups is 1. The van der Waals surface area contributed by atoms with Gasteiger partial charge in [-0.25, -0.2) is 0 Å². The van der Waals surface area contributed by atoms with Crippen molar-refractivity contribution >= 4 is 35.8 Å². The lowest BCUT2D eigenvalue weighted by molar-refractivity contribution is -0.120. The van der Waals surface area contributed by atoms with Gasteiger partial charge in [-0.1, -0.05) is 30.3 Å². The van der Waals surface area contributed by atoms with E-state index in [1.54, 1.807) is 7.05 Å². The number of hydrogen-bond acceptors (Lipinski definition) is 3. The van der Waals surface area contributed by atoms with E-state index in [-0.39, 0.29) is 36.4 Å². The van der Waals surface area contributed by atoms with E-state index >= 15 is 0 Å². The molecule has 2 rings (SSSR count). The minimum atomic E-state index is -0.0378. The highest BCUT2D eigenvalue weighted by Crippen LogP contribution is 2.13. The Labute approximate surface area is 167 Å². The molecule has 0 aliphatic carbocycles. The van der Waals surface area contributed by atoms with Crippen LogP contribution in [-0.4, -0.2) is 56.2 Å². The summed E-state index contributed by atoms with van der Waals surface area (Å²) in [5, 5.41) is 6.06. The largest absolute Gasteiger partial charge is 0.378 e. The average Bonchev–Trinajstić information content (AvgIpc) is 2.63. The van der Waals surface area contributed by atoms with Crippen LogP contribution in [0.25, 0.3) is 0 Å². The van der Waals surface area contributed by atoms with E-state index in [1.807, 2.05) is 37.3 Å². The maximum Gasteiger partial charge on any atom is 0.239 e. The number of amides is 1. The molecule has 1 heterocycles. The molecule has 0 spiro atoms. The molecule has 0 saturated carbocycles. The fourth-order valence-electron chi connectivity index (χ4n) is 2.82. The number of aliphatic imine (C=N–C) groups is 1. The van der Waals surface area contributed by atoms with E-state index in [1.165, 1.54) is 0 Å². The first kappa shape index (κ1) is 21.7. The number of carbonyl (C=O) groups is 1. The lowest BCUT2D eigenvalue weighted by Gasteiger charge is -2.33. The van der Waals surface area contributed by atoms with Crippen molar-refractivity contribution in [3.05, 3.63) is 35.9 Å². The predicted molar refractivity (Wildman–Crippen MR) is 111 cm³/mol. The second-order valence-corrected chi connectivity index (χ2v) is 5.80. The van der Waals surface area contributed by atoms with Gasteiger partial charge < -0.3 is 20.3 Å². The van der Waals surface area contributed by atoms with Crippen LogP contribution in [0.5, 0.6) is 0 Å². The highest BCUT2D eigenvalue weighted by Gasteiger charge is 2.21. The molecule has 0 aromatic heterocycles. The Balaban J connectivity index is 0.00000312. The molecule has 1 amide bonds. The maximum absolute atomic E-state index is 12.0. The van der Waals surface area contributed by atoms with Gasteiger partial charge in [-0.15, -0.1) is 24.0 Å². The summed E-state index contributed by atoms with van der Waals surface area (Å²) in [7, 11) is 1.75. The predicted octanol–water partition coefficient (Wildman–Crippen LogP) is 2.00. The van der Waals surface area contributed by atoms with Crippen LogP contribution in [-0.2, 0) is 16.1 Å². The Morgan fingerprint density at radius 3 is 2.52 bits per heavy atom. The van der Waals surface area contributed by atoms with Gasteiger partial charge in [-0.3, -0.25) is 9.79 Å². The molecule has 1 aromatic carbocycles. The van der Waals surface area contributed by atoms with Crippen molar-refractivity contribution in [3.63, 3.8) is 0 Å². The van der Waals surface area contributed by atoms with E-state index < -0.39 is 0 Å². The lowest BCUT2D eigenvalue weighted by atomic mass is 10.1. The number of halogens is 1. The van der Waals surface area contributed by atoms with Crippen molar-refractivity contribution in [1.82, 2.24) is 15.5 Å². The zero-order chi connectivity index (χ0) is 17.2. The number of carbonyl (C=O) groups excluding carboxylic acids is 1. The maximum atomic E-state index is 12.0. The van der Waals surface area contributed by atoms with Crippen LogP contribution >= 0.6 is 24.0 Å². The molecule has 1 saturated heterocycles. The molecule has 7 heteroatoms. The fourth-order valence-corrected chi connectivity index (χ4v) is 2.82. The number of benzene rings is 1. The Morgan fingerprint density at radius 1 is 1.24 bits per heavy atom. The molecule has 1 aliphatic heterocycles. The average molecular weight is 460 g/mol. The molecular formula is C18H29IN4O2. The van der Waals surface area contributed by atoms with Gasteiger partial charge in [0, 0.05) is 33.3 Å². The van der Waals surface area contributed by atoms with Gasteiger partial charge in [0.2, 0.25) is 5.91 Å². The summed E-state index contributed by atoms with van der Waals surface area (Å²) >= 11 is 0. The first-order chi connectivity index (χ1) is 11.7. The van der Waals surface area contributed by atoms with Crippen LogP contribution in [0.2, 0.25) is 0 Å². The van der Waals surface area contributed by atoms with Crippen molar-refractivity contribution in [2.24, 2.45) is 4.99 Å². The van der Waals surface area contributed by atoms with Crippen LogP contribution in [0.1, 0.15) is 25.3 Å². The number of likely N-dealkylation sites (tertiary alicyclic amines) is 1. The van der Waals surface area contributed by atoms with Crippen molar-refractivity contribution in [2.75, 3.05) is 33.3 Å². The summed E-state index contributed by atoms with van der Waals surface area (Å²) in [6.07, 6.45) is 2.34. The molecule has 2 N–H and O–H groups in total. The standard InChI is InChI=1S/C18H28N4O2.HI/c1-3-24-16-9-11-22(12-10-16)18(19-2)21-14-17(23)20-13-15-7-5-4-6-8-15;/h4-8,16H,3,9-14H2,1-2H3,(H,19,21)(H,20,23);1H. The van der Waals surface area contributed by atoms with E-state index in [0.717, 1.165) is 44.1 Å². The number of piperidine rings is 1. The van der Waals surface area contributed by atoms with E-state index in [0.29, 0.717) is 12.6 Å². The Morgan fingerprint density at radius 2 is 1.92 bits per heavy atom. The van der Waals surface area contributed by atoms with Gasteiger partial charge >= 0.3 is 0 Å². The SMILES string of the molecule is CCOC1CCN(C(=NC)NCC(=O)NCc2ccccc2)CC1.I. The van der Waals surface area contributed by atoms with Gasteiger partial charge in [0.1, 0.15) is 0 Å². The first-order valence-electron chi connectivity index (χ1n) is 8.60. The van der Waals surface area contributed by atoms with Crippen molar-refractivity contribution in [2.45, 2.75) is 32.4 Å². The smallest absolute Gasteiger partial charge is 0.239 e. The third-order valence-corrected chi connectivity index (χ3v) is 4.10. The van der Waals surface area contributed by atoms with Crippen LogP contribution in [0, 0.1) is 0 Å². The molecule has 1 fully saturated rings. The minimum Gasteiger partial charge on any atom is -0.378 e. The van der Waals surface area contributed by atoms with Crippen molar-refractivity contribution < 1.29 is 9.53 Å². The third-order valence-electron chi connectivity index (χ3n) is 4.10. The highest BCUT2D eigenvalue weighted by molar-refractivity contribution is 14.0. The van der Waals surface area contributed by atoms with Gasteiger partial charge in [0.05, 0.1) is 12.6 Å². The van der Waals surface area contributed by atoms with E-state index in [9.17, 15) is 4.79 Å². The third kappa shape index (κ3) is 7.60. The summed E-state index contributed by atoms with van der Waals surface area (Å²) in [4.78, 5) is 18.5. The lowest BCUT2D eigenvalue weighted by Crippen LogP contribution is -2.49. The van der Waals surface area contributed by atoms with E-state index in [2.05, 4.69) is 20.5 Å². The minimum absolute atomic E-state index is 0. The Hall–Kier alpha value is -1.35. The number of rotatable bonds is 6. The van der Waals surface area contributed by atoms with Gasteiger partial charge in [0.15, 0.2) is 5.96 Å². The molecule has 0 radical (unpaired) electrons. The zero-order valence-electron chi connectivity index (χ0n) is 15.0.